The van der Waals surface area contributed by atoms with Gasteiger partial charge in [-0.25, -0.2) is 9.79 Å². The third-order valence-corrected chi connectivity index (χ3v) is 5.34. The zero-order valence-corrected chi connectivity index (χ0v) is 21.1. The topological polar surface area (TPSA) is 150 Å². The van der Waals surface area contributed by atoms with Crippen LogP contribution in [0.3, 0.4) is 0 Å². The van der Waals surface area contributed by atoms with E-state index < -0.39 is 11.9 Å². The van der Waals surface area contributed by atoms with Crippen molar-refractivity contribution >= 4 is 41.4 Å². The molecule has 37 heavy (non-hydrogen) atoms. The van der Waals surface area contributed by atoms with Crippen LogP contribution in [-0.2, 0) is 17.9 Å². The second kappa shape index (κ2) is 12.3. The van der Waals surface area contributed by atoms with E-state index in [2.05, 4.69) is 37.5 Å². The van der Waals surface area contributed by atoms with E-state index in [0.29, 0.717) is 40.2 Å². The Morgan fingerprint density at radius 2 is 2.05 bits per heavy atom. The number of methoxy groups -OCH3 is 1. The number of aryl methyl sites for hydroxylation is 1. The van der Waals surface area contributed by atoms with Crippen LogP contribution in [0.2, 0.25) is 0 Å². The van der Waals surface area contributed by atoms with Crippen molar-refractivity contribution in [2.75, 3.05) is 33.1 Å². The summed E-state index contributed by atoms with van der Waals surface area (Å²) in [7, 11) is 4.73. The van der Waals surface area contributed by atoms with E-state index in [4.69, 9.17) is 9.15 Å². The number of anilines is 1. The Labute approximate surface area is 214 Å². The maximum atomic E-state index is 12.6. The van der Waals surface area contributed by atoms with Gasteiger partial charge >= 0.3 is 6.03 Å². The summed E-state index contributed by atoms with van der Waals surface area (Å²) in [5.74, 6) is 1.51. The molecule has 1 aliphatic heterocycles. The molecule has 12 nitrogen and oxygen atoms in total. The molecule has 1 aliphatic rings. The number of furan rings is 1. The molecule has 194 valence electrons. The Kier molecular flexibility index (Phi) is 8.92. The van der Waals surface area contributed by atoms with Gasteiger partial charge in [0.25, 0.3) is 5.91 Å². The van der Waals surface area contributed by atoms with Crippen molar-refractivity contribution in [3.8, 4) is 5.75 Å². The van der Waals surface area contributed by atoms with Crippen molar-refractivity contribution in [2.24, 2.45) is 15.0 Å². The molecule has 2 aromatic rings. The summed E-state index contributed by atoms with van der Waals surface area (Å²) in [6.45, 7) is 5.54. The third kappa shape index (κ3) is 6.90. The van der Waals surface area contributed by atoms with Gasteiger partial charge in [0.15, 0.2) is 5.84 Å². The summed E-state index contributed by atoms with van der Waals surface area (Å²) in [4.78, 5) is 50.8. The first-order valence-corrected chi connectivity index (χ1v) is 11.3. The average molecular weight is 508 g/mol. The van der Waals surface area contributed by atoms with Crippen LogP contribution in [0, 0.1) is 6.92 Å². The second-order valence-electron chi connectivity index (χ2n) is 7.89. The average Bonchev–Trinajstić information content (AvgIpc) is 3.39. The molecule has 2 heterocycles. The van der Waals surface area contributed by atoms with Crippen LogP contribution in [0.25, 0.3) is 0 Å². The van der Waals surface area contributed by atoms with Gasteiger partial charge in [0, 0.05) is 32.3 Å². The number of hydrogen-bond donors (Lipinski definition) is 3. The molecule has 0 atom stereocenters. The van der Waals surface area contributed by atoms with Gasteiger partial charge in [-0.2, -0.15) is 0 Å². The summed E-state index contributed by atoms with van der Waals surface area (Å²) in [6.07, 6.45) is 3.04. The number of hydrogen-bond acceptors (Lipinski definition) is 7. The van der Waals surface area contributed by atoms with Crippen LogP contribution in [0.15, 0.2) is 56.3 Å². The Balaban J connectivity index is 1.51. The monoisotopic (exact) mass is 507 g/mol. The first-order chi connectivity index (χ1) is 17.8. The van der Waals surface area contributed by atoms with Gasteiger partial charge < -0.3 is 24.7 Å². The number of rotatable bonds is 8. The smallest absolute Gasteiger partial charge is 0.321 e. The van der Waals surface area contributed by atoms with Gasteiger partial charge in [-0.15, -0.1) is 0 Å². The summed E-state index contributed by atoms with van der Waals surface area (Å²) in [5, 5.41) is 7.88. The number of imide groups is 1. The molecule has 0 saturated carbocycles. The first-order valence-electron chi connectivity index (χ1n) is 11.3. The number of benzene rings is 1. The Bertz CT molecular complexity index is 1290. The quantitative estimate of drug-likeness (QED) is 0.369. The normalized spacial score (nSPS) is 13.5. The maximum absolute atomic E-state index is 12.6. The minimum absolute atomic E-state index is 0.0280. The fourth-order valence-electron chi connectivity index (χ4n) is 3.54. The highest BCUT2D eigenvalue weighted by Crippen LogP contribution is 2.26. The van der Waals surface area contributed by atoms with Crippen LogP contribution >= 0.6 is 0 Å². The highest BCUT2D eigenvalue weighted by molar-refractivity contribution is 6.33. The van der Waals surface area contributed by atoms with Gasteiger partial charge in [0.2, 0.25) is 5.91 Å². The van der Waals surface area contributed by atoms with Gasteiger partial charge in [0.05, 0.1) is 25.6 Å². The second-order valence-corrected chi connectivity index (χ2v) is 7.89. The molecule has 1 aromatic carbocycles. The molecule has 0 unspecified atom stereocenters. The molecule has 0 radical (unpaired) electrons. The molecule has 12 heteroatoms. The number of carbonyl (C=O) groups excluding carboxylic acids is 3. The number of amidine groups is 2. The Hall–Kier alpha value is -4.74. The van der Waals surface area contributed by atoms with E-state index in [0.717, 1.165) is 5.56 Å². The van der Waals surface area contributed by atoms with E-state index in [-0.39, 0.29) is 25.5 Å². The standard InChI is InChI=1S/C25H29N7O5/c1-6-21(30-22(27-4)12-26-3)29-20-10-18(37-15(20)2)11-28-25(35)31-23(33)14-32-13-16-7-8-17(36-5)9-19(16)24(32)34/h6-10,12H,1,11,13-14H2,2-5H3,(H,27,29,30)(H2,28,31,33,35). The Morgan fingerprint density at radius 3 is 2.73 bits per heavy atom. The van der Waals surface area contributed by atoms with Crippen molar-refractivity contribution in [3.63, 3.8) is 0 Å². The van der Waals surface area contributed by atoms with E-state index in [9.17, 15) is 14.4 Å². The van der Waals surface area contributed by atoms with Gasteiger partial charge in [-0.05, 0) is 30.7 Å². The SMILES string of the molecule is C=CC(=NC(C=NC)=NC)Nc1cc(CNC(=O)NC(=O)CN2Cc3ccc(OC)cc3C2=O)oc1C. The van der Waals surface area contributed by atoms with Crippen molar-refractivity contribution in [3.05, 3.63) is 59.6 Å². The minimum atomic E-state index is -0.713. The molecule has 4 amide bonds. The highest BCUT2D eigenvalue weighted by atomic mass is 16.5. The van der Waals surface area contributed by atoms with Gasteiger partial charge in [0.1, 0.15) is 29.7 Å². The molecule has 3 N–H and O–H groups in total. The predicted molar refractivity (Wildman–Crippen MR) is 141 cm³/mol. The summed E-state index contributed by atoms with van der Waals surface area (Å²) in [6, 6.07) is 6.15. The van der Waals surface area contributed by atoms with Gasteiger partial charge in [-0.3, -0.25) is 24.9 Å². The number of amides is 4. The molecule has 0 spiro atoms. The van der Waals surface area contributed by atoms with E-state index in [1.807, 2.05) is 0 Å². The lowest BCUT2D eigenvalue weighted by Crippen LogP contribution is -2.44. The molecule has 0 aliphatic carbocycles. The van der Waals surface area contributed by atoms with Crippen molar-refractivity contribution in [1.29, 1.82) is 0 Å². The van der Waals surface area contributed by atoms with E-state index in [1.165, 1.54) is 24.3 Å². The summed E-state index contributed by atoms with van der Waals surface area (Å²) < 4.78 is 10.8. The molecule has 1 aromatic heterocycles. The molecule has 0 fully saturated rings. The predicted octanol–water partition coefficient (Wildman–Crippen LogP) is 2.30. The molecule has 0 saturated heterocycles. The number of aliphatic imine (C=N–C) groups is 3. The third-order valence-electron chi connectivity index (χ3n) is 5.34. The zero-order valence-electron chi connectivity index (χ0n) is 21.1. The lowest BCUT2D eigenvalue weighted by atomic mass is 10.1. The molecular formula is C25H29N7O5. The lowest BCUT2D eigenvalue weighted by molar-refractivity contribution is -0.120. The maximum Gasteiger partial charge on any atom is 0.321 e. The van der Waals surface area contributed by atoms with Crippen molar-refractivity contribution < 1.29 is 23.5 Å². The van der Waals surface area contributed by atoms with Crippen LogP contribution < -0.4 is 20.7 Å². The fraction of sp³-hybridized carbons (Fsp3) is 0.280. The Morgan fingerprint density at radius 1 is 1.27 bits per heavy atom. The van der Waals surface area contributed by atoms with Crippen LogP contribution in [0.5, 0.6) is 5.75 Å². The zero-order chi connectivity index (χ0) is 26.9. The minimum Gasteiger partial charge on any atom is -0.497 e. The number of urea groups is 1. The van der Waals surface area contributed by atoms with Crippen molar-refractivity contribution in [1.82, 2.24) is 15.5 Å². The van der Waals surface area contributed by atoms with Gasteiger partial charge in [-0.1, -0.05) is 12.6 Å². The highest BCUT2D eigenvalue weighted by Gasteiger charge is 2.29. The number of carbonyl (C=O) groups is 3. The van der Waals surface area contributed by atoms with E-state index in [1.54, 1.807) is 45.3 Å². The van der Waals surface area contributed by atoms with Crippen LogP contribution in [-0.4, -0.2) is 68.4 Å². The number of fused-ring (bicyclic) bond motifs is 1. The summed E-state index contributed by atoms with van der Waals surface area (Å²) in [5.41, 5.74) is 1.90. The van der Waals surface area contributed by atoms with Crippen LogP contribution in [0.1, 0.15) is 27.4 Å². The van der Waals surface area contributed by atoms with Crippen LogP contribution in [0.4, 0.5) is 10.5 Å². The summed E-state index contributed by atoms with van der Waals surface area (Å²) >= 11 is 0. The molecular weight excluding hydrogens is 478 g/mol. The molecule has 3 rings (SSSR count). The largest absolute Gasteiger partial charge is 0.497 e. The van der Waals surface area contributed by atoms with E-state index >= 15 is 0 Å². The molecule has 0 bridgehead atoms. The number of nitrogens with one attached hydrogen (secondary N) is 3. The first kappa shape index (κ1) is 26.9. The van der Waals surface area contributed by atoms with Crippen molar-refractivity contribution in [2.45, 2.75) is 20.0 Å². The number of ether oxygens (including phenoxy) is 1. The lowest BCUT2D eigenvalue weighted by Gasteiger charge is -2.14. The fourth-order valence-corrected chi connectivity index (χ4v) is 3.54. The number of nitrogens with zero attached hydrogens (tertiary/aromatic N) is 4.